The molecule has 150 valence electrons. The molecule has 1 heterocycles. The first-order valence-corrected chi connectivity index (χ1v) is 10.9. The number of hydrogen-bond acceptors (Lipinski definition) is 3. The lowest BCUT2D eigenvalue weighted by Crippen LogP contribution is -2.54. The molecule has 4 aliphatic carbocycles. The van der Waals surface area contributed by atoms with E-state index in [4.69, 9.17) is 4.74 Å². The molecule has 1 aromatic carbocycles. The zero-order valence-electron chi connectivity index (χ0n) is 16.6. The molecule has 1 saturated heterocycles. The van der Waals surface area contributed by atoms with Crippen LogP contribution in [0.4, 0.5) is 5.69 Å². The van der Waals surface area contributed by atoms with Crippen molar-refractivity contribution in [2.24, 2.45) is 29.6 Å². The molecular formula is C23H30N2O3. The van der Waals surface area contributed by atoms with Crippen LogP contribution in [0.25, 0.3) is 0 Å². The zero-order chi connectivity index (χ0) is 19.3. The molecular weight excluding hydrogens is 352 g/mol. The molecule has 5 fully saturated rings. The fourth-order valence-electron chi connectivity index (χ4n) is 6.72. The maximum Gasteiger partial charge on any atom is 0.247 e. The van der Waals surface area contributed by atoms with Crippen LogP contribution in [0, 0.1) is 29.6 Å². The molecule has 1 atom stereocenters. The highest BCUT2D eigenvalue weighted by atomic mass is 16.5. The minimum atomic E-state index is -0.327. The summed E-state index contributed by atoms with van der Waals surface area (Å²) in [4.78, 5) is 28.4. The van der Waals surface area contributed by atoms with E-state index in [2.05, 4.69) is 5.32 Å². The summed E-state index contributed by atoms with van der Waals surface area (Å²) in [5.74, 6) is 3.99. The highest BCUT2D eigenvalue weighted by Gasteiger charge is 2.52. The van der Waals surface area contributed by atoms with Gasteiger partial charge >= 0.3 is 0 Å². The Balaban J connectivity index is 1.28. The normalized spacial score (nSPS) is 35.8. The number of nitrogens with zero attached hydrogens (tertiary/aromatic N) is 1. The molecule has 0 aromatic heterocycles. The van der Waals surface area contributed by atoms with E-state index in [-0.39, 0.29) is 23.8 Å². The summed E-state index contributed by atoms with van der Waals surface area (Å²) in [5.41, 5.74) is 0.750. The smallest absolute Gasteiger partial charge is 0.247 e. The number of methoxy groups -OCH3 is 1. The number of nitrogens with one attached hydrogen (secondary N) is 1. The largest absolute Gasteiger partial charge is 0.497 e. The number of rotatable bonds is 4. The van der Waals surface area contributed by atoms with Crippen molar-refractivity contribution < 1.29 is 14.3 Å². The number of anilines is 1. The Morgan fingerprint density at radius 1 is 1.00 bits per heavy atom. The SMILES string of the molecule is COc1ccc(NC(=O)C2CCCN2C(=O)C2C3CC4CC(C3)CC2C4)cc1. The van der Waals surface area contributed by atoms with Gasteiger partial charge in [-0.15, -0.1) is 0 Å². The van der Waals surface area contributed by atoms with E-state index in [1.165, 1.54) is 32.1 Å². The maximum absolute atomic E-state index is 13.5. The quantitative estimate of drug-likeness (QED) is 0.864. The van der Waals surface area contributed by atoms with Crippen molar-refractivity contribution in [1.82, 2.24) is 4.90 Å². The van der Waals surface area contributed by atoms with Crippen LogP contribution in [-0.2, 0) is 9.59 Å². The van der Waals surface area contributed by atoms with Gasteiger partial charge in [0.15, 0.2) is 0 Å². The average Bonchev–Trinajstić information content (AvgIpc) is 3.17. The van der Waals surface area contributed by atoms with Crippen LogP contribution in [0.1, 0.15) is 44.9 Å². The monoisotopic (exact) mass is 382 g/mol. The Morgan fingerprint density at radius 3 is 2.25 bits per heavy atom. The molecule has 5 heteroatoms. The maximum atomic E-state index is 13.5. The minimum Gasteiger partial charge on any atom is -0.497 e. The van der Waals surface area contributed by atoms with Crippen molar-refractivity contribution >= 4 is 17.5 Å². The highest BCUT2D eigenvalue weighted by Crippen LogP contribution is 2.57. The Bertz CT molecular complexity index is 732. The van der Waals surface area contributed by atoms with Gasteiger partial charge in [-0.3, -0.25) is 9.59 Å². The molecule has 2 amide bonds. The van der Waals surface area contributed by atoms with Crippen molar-refractivity contribution in [3.8, 4) is 5.75 Å². The summed E-state index contributed by atoms with van der Waals surface area (Å²) in [6.07, 6.45) is 8.02. The molecule has 28 heavy (non-hydrogen) atoms. The number of hydrogen-bond donors (Lipinski definition) is 1. The molecule has 5 aliphatic rings. The lowest BCUT2D eigenvalue weighted by Gasteiger charge is -2.54. The van der Waals surface area contributed by atoms with Gasteiger partial charge in [0, 0.05) is 18.2 Å². The van der Waals surface area contributed by atoms with Crippen LogP contribution in [0.3, 0.4) is 0 Å². The van der Waals surface area contributed by atoms with E-state index in [0.29, 0.717) is 11.8 Å². The number of carbonyl (C=O) groups excluding carboxylic acids is 2. The number of benzene rings is 1. The third kappa shape index (κ3) is 3.09. The highest BCUT2D eigenvalue weighted by molar-refractivity contribution is 5.98. The van der Waals surface area contributed by atoms with E-state index in [0.717, 1.165) is 42.7 Å². The van der Waals surface area contributed by atoms with E-state index < -0.39 is 0 Å². The van der Waals surface area contributed by atoms with Gasteiger partial charge in [0.05, 0.1) is 7.11 Å². The van der Waals surface area contributed by atoms with Crippen molar-refractivity contribution in [1.29, 1.82) is 0 Å². The standard InChI is InChI=1S/C23H30N2O3/c1-28-19-6-4-18(5-7-19)24-22(26)20-3-2-8-25(20)23(27)21-16-10-14-9-15(12-16)13-17(21)11-14/h4-7,14-17,20-21H,2-3,8-13H2,1H3,(H,24,26). The van der Waals surface area contributed by atoms with Gasteiger partial charge in [-0.2, -0.15) is 0 Å². The molecule has 1 aliphatic heterocycles. The number of amides is 2. The summed E-state index contributed by atoms with van der Waals surface area (Å²) in [7, 11) is 1.62. The lowest BCUT2D eigenvalue weighted by molar-refractivity contribution is -0.152. The van der Waals surface area contributed by atoms with E-state index in [1.54, 1.807) is 7.11 Å². The zero-order valence-corrected chi connectivity index (χ0v) is 16.6. The Hall–Kier alpha value is -2.04. The topological polar surface area (TPSA) is 58.6 Å². The molecule has 4 saturated carbocycles. The molecule has 1 unspecified atom stereocenters. The molecule has 1 aromatic rings. The van der Waals surface area contributed by atoms with Crippen molar-refractivity contribution in [3.63, 3.8) is 0 Å². The second kappa shape index (κ2) is 7.09. The Labute approximate surface area is 166 Å². The fraction of sp³-hybridized carbons (Fsp3) is 0.652. The fourth-order valence-corrected chi connectivity index (χ4v) is 6.72. The van der Waals surface area contributed by atoms with Gasteiger partial charge in [-0.1, -0.05) is 0 Å². The van der Waals surface area contributed by atoms with Crippen molar-refractivity contribution in [2.45, 2.75) is 51.0 Å². The van der Waals surface area contributed by atoms with Crippen molar-refractivity contribution in [2.75, 3.05) is 19.0 Å². The second-order valence-electron chi connectivity index (χ2n) is 9.36. The average molecular weight is 383 g/mol. The first-order valence-electron chi connectivity index (χ1n) is 10.9. The summed E-state index contributed by atoms with van der Waals surface area (Å²) in [5, 5.41) is 3.00. The summed E-state index contributed by atoms with van der Waals surface area (Å²) < 4.78 is 5.17. The second-order valence-corrected chi connectivity index (χ2v) is 9.36. The summed E-state index contributed by atoms with van der Waals surface area (Å²) in [6.45, 7) is 0.725. The molecule has 0 spiro atoms. The van der Waals surface area contributed by atoms with Crippen molar-refractivity contribution in [3.05, 3.63) is 24.3 Å². The van der Waals surface area contributed by atoms with E-state index >= 15 is 0 Å². The van der Waals surface area contributed by atoms with E-state index in [1.807, 2.05) is 29.2 Å². The van der Waals surface area contributed by atoms with Crippen LogP contribution in [-0.4, -0.2) is 36.4 Å². The number of ether oxygens (including phenoxy) is 1. The summed E-state index contributed by atoms with van der Waals surface area (Å²) in [6, 6.07) is 7.03. The van der Waals surface area contributed by atoms with Crippen LogP contribution in [0.15, 0.2) is 24.3 Å². The van der Waals surface area contributed by atoms with Gasteiger partial charge in [-0.25, -0.2) is 0 Å². The van der Waals surface area contributed by atoms with Gasteiger partial charge in [0.25, 0.3) is 0 Å². The first kappa shape index (κ1) is 18.0. The Morgan fingerprint density at radius 2 is 1.64 bits per heavy atom. The van der Waals surface area contributed by atoms with Gasteiger partial charge < -0.3 is 15.0 Å². The number of carbonyl (C=O) groups is 2. The first-order chi connectivity index (χ1) is 13.6. The Kier molecular flexibility index (Phi) is 4.56. The lowest BCUT2D eigenvalue weighted by atomic mass is 9.51. The molecule has 4 bridgehead atoms. The van der Waals surface area contributed by atoms with Crippen LogP contribution in [0.5, 0.6) is 5.75 Å². The van der Waals surface area contributed by atoms with Gasteiger partial charge in [0.2, 0.25) is 11.8 Å². The molecule has 6 rings (SSSR count). The van der Waals surface area contributed by atoms with E-state index in [9.17, 15) is 9.59 Å². The van der Waals surface area contributed by atoms with Crippen LogP contribution in [0.2, 0.25) is 0 Å². The van der Waals surface area contributed by atoms with Gasteiger partial charge in [0.1, 0.15) is 11.8 Å². The molecule has 0 radical (unpaired) electrons. The third-order valence-corrected chi connectivity index (χ3v) is 7.71. The van der Waals surface area contributed by atoms with Crippen LogP contribution < -0.4 is 10.1 Å². The predicted octanol–water partition coefficient (Wildman–Crippen LogP) is 3.70. The number of likely N-dealkylation sites (tertiary alicyclic amines) is 1. The molecule has 1 N–H and O–H groups in total. The summed E-state index contributed by atoms with van der Waals surface area (Å²) >= 11 is 0. The van der Waals surface area contributed by atoms with Gasteiger partial charge in [-0.05, 0) is 92.9 Å². The molecule has 5 nitrogen and oxygen atoms in total. The third-order valence-electron chi connectivity index (χ3n) is 7.71. The predicted molar refractivity (Wildman–Crippen MR) is 107 cm³/mol. The minimum absolute atomic E-state index is 0.0557. The van der Waals surface area contributed by atoms with Crippen LogP contribution >= 0.6 is 0 Å².